The minimum Gasteiger partial charge on any atom is -0.490 e. The number of furan rings is 1. The Hall–Kier alpha value is -2.47. The summed E-state index contributed by atoms with van der Waals surface area (Å²) >= 11 is 6.12. The molecule has 0 unspecified atom stereocenters. The first-order valence-corrected chi connectivity index (χ1v) is 7.18. The van der Waals surface area contributed by atoms with E-state index in [2.05, 4.69) is 4.74 Å². The van der Waals surface area contributed by atoms with Gasteiger partial charge in [0, 0.05) is 5.56 Å². The van der Waals surface area contributed by atoms with Gasteiger partial charge in [0.1, 0.15) is 18.7 Å². The summed E-state index contributed by atoms with van der Waals surface area (Å²) in [5.74, 6) is 0.596. The Balaban J connectivity index is 2.17. The van der Waals surface area contributed by atoms with Gasteiger partial charge in [-0.15, -0.1) is 0 Å². The van der Waals surface area contributed by atoms with Crippen molar-refractivity contribution < 1.29 is 28.2 Å². The van der Waals surface area contributed by atoms with Crippen LogP contribution in [0.25, 0.3) is 0 Å². The summed E-state index contributed by atoms with van der Waals surface area (Å²) in [7, 11) is 1.27. The van der Waals surface area contributed by atoms with Crippen molar-refractivity contribution in [2.45, 2.75) is 13.5 Å². The predicted molar refractivity (Wildman–Crippen MR) is 82.4 cm³/mol. The molecule has 0 spiro atoms. The molecule has 0 bridgehead atoms. The zero-order valence-electron chi connectivity index (χ0n) is 12.6. The summed E-state index contributed by atoms with van der Waals surface area (Å²) in [6.45, 7) is 2.24. The Labute approximate surface area is 137 Å². The monoisotopic (exact) mass is 338 g/mol. The molecular formula is C16H15ClO6. The molecule has 23 heavy (non-hydrogen) atoms. The molecule has 1 aromatic carbocycles. The Morgan fingerprint density at radius 1 is 1.30 bits per heavy atom. The summed E-state index contributed by atoms with van der Waals surface area (Å²) in [4.78, 5) is 22.2. The second-order valence-electron chi connectivity index (χ2n) is 4.43. The van der Waals surface area contributed by atoms with Crippen molar-refractivity contribution in [3.63, 3.8) is 0 Å². The first-order valence-electron chi connectivity index (χ1n) is 6.80. The van der Waals surface area contributed by atoms with Crippen LogP contribution in [-0.2, 0) is 11.3 Å². The second kappa shape index (κ2) is 7.69. The number of aldehydes is 1. The Bertz CT molecular complexity index is 707. The molecule has 7 heteroatoms. The van der Waals surface area contributed by atoms with Crippen LogP contribution < -0.4 is 9.47 Å². The molecule has 0 radical (unpaired) electrons. The maximum absolute atomic E-state index is 11.3. The van der Waals surface area contributed by atoms with E-state index in [-0.39, 0.29) is 17.4 Å². The smallest absolute Gasteiger partial charge is 0.373 e. The number of hydrogen-bond acceptors (Lipinski definition) is 6. The van der Waals surface area contributed by atoms with E-state index < -0.39 is 5.97 Å². The van der Waals surface area contributed by atoms with Gasteiger partial charge in [0.2, 0.25) is 5.76 Å². The lowest BCUT2D eigenvalue weighted by atomic mass is 10.2. The average Bonchev–Trinajstić information content (AvgIpc) is 3.02. The molecule has 1 heterocycles. The van der Waals surface area contributed by atoms with Crippen LogP contribution in [-0.4, -0.2) is 26.0 Å². The van der Waals surface area contributed by atoms with E-state index in [1.807, 2.05) is 0 Å². The van der Waals surface area contributed by atoms with Crippen molar-refractivity contribution >= 4 is 23.9 Å². The molecule has 0 amide bonds. The summed E-state index contributed by atoms with van der Waals surface area (Å²) < 4.78 is 20.9. The van der Waals surface area contributed by atoms with Gasteiger partial charge in [0.05, 0.1) is 18.7 Å². The van der Waals surface area contributed by atoms with Gasteiger partial charge in [-0.25, -0.2) is 4.79 Å². The highest BCUT2D eigenvalue weighted by atomic mass is 35.5. The second-order valence-corrected chi connectivity index (χ2v) is 4.83. The number of hydrogen-bond donors (Lipinski definition) is 0. The zero-order chi connectivity index (χ0) is 16.8. The van der Waals surface area contributed by atoms with E-state index in [4.69, 9.17) is 25.5 Å². The number of ether oxygens (including phenoxy) is 3. The molecule has 0 atom stereocenters. The molecule has 2 aromatic rings. The number of carbonyl (C=O) groups excluding carboxylic acids is 2. The minimum atomic E-state index is -0.570. The number of esters is 1. The lowest BCUT2D eigenvalue weighted by Gasteiger charge is -2.13. The van der Waals surface area contributed by atoms with Gasteiger partial charge in [-0.2, -0.15) is 0 Å². The fraction of sp³-hybridized carbons (Fsp3) is 0.250. The normalized spacial score (nSPS) is 10.2. The van der Waals surface area contributed by atoms with Gasteiger partial charge in [-0.05, 0) is 31.2 Å². The van der Waals surface area contributed by atoms with Gasteiger partial charge < -0.3 is 18.6 Å². The zero-order valence-corrected chi connectivity index (χ0v) is 13.4. The van der Waals surface area contributed by atoms with Gasteiger partial charge in [0.25, 0.3) is 0 Å². The lowest BCUT2D eigenvalue weighted by molar-refractivity contribution is 0.0560. The van der Waals surface area contributed by atoms with Crippen LogP contribution in [0.15, 0.2) is 28.7 Å². The Morgan fingerprint density at radius 3 is 2.74 bits per heavy atom. The first-order chi connectivity index (χ1) is 11.1. The number of rotatable bonds is 7. The fourth-order valence-electron chi connectivity index (χ4n) is 1.87. The first kappa shape index (κ1) is 16.9. The van der Waals surface area contributed by atoms with Crippen LogP contribution in [0, 0.1) is 0 Å². The topological polar surface area (TPSA) is 75.0 Å². The average molecular weight is 339 g/mol. The maximum Gasteiger partial charge on any atom is 0.373 e. The van der Waals surface area contributed by atoms with Crippen LogP contribution in [0.4, 0.5) is 0 Å². The summed E-state index contributed by atoms with van der Waals surface area (Å²) in [5, 5.41) is 0.248. The van der Waals surface area contributed by atoms with Gasteiger partial charge in [-0.3, -0.25) is 4.79 Å². The summed E-state index contributed by atoms with van der Waals surface area (Å²) in [6, 6.07) is 6.11. The van der Waals surface area contributed by atoms with E-state index in [1.165, 1.54) is 19.2 Å². The van der Waals surface area contributed by atoms with Crippen molar-refractivity contribution in [3.8, 4) is 11.5 Å². The van der Waals surface area contributed by atoms with Crippen LogP contribution in [0.1, 0.15) is 33.6 Å². The van der Waals surface area contributed by atoms with Gasteiger partial charge >= 0.3 is 5.97 Å². The Kier molecular flexibility index (Phi) is 5.65. The van der Waals surface area contributed by atoms with E-state index in [0.717, 1.165) is 0 Å². The highest BCUT2D eigenvalue weighted by Gasteiger charge is 2.15. The largest absolute Gasteiger partial charge is 0.490 e. The summed E-state index contributed by atoms with van der Waals surface area (Å²) in [6.07, 6.45) is 0.674. The van der Waals surface area contributed by atoms with Crippen LogP contribution in [0.5, 0.6) is 11.5 Å². The van der Waals surface area contributed by atoms with Crippen LogP contribution >= 0.6 is 11.6 Å². The van der Waals surface area contributed by atoms with Crippen molar-refractivity contribution in [1.29, 1.82) is 0 Å². The number of halogens is 1. The molecule has 1 aromatic heterocycles. The molecule has 0 N–H and O–H groups in total. The maximum atomic E-state index is 11.3. The molecule has 0 saturated carbocycles. The van der Waals surface area contributed by atoms with Crippen molar-refractivity contribution in [1.82, 2.24) is 0 Å². The minimum absolute atomic E-state index is 0.0389. The molecule has 122 valence electrons. The van der Waals surface area contributed by atoms with Gasteiger partial charge in [-0.1, -0.05) is 11.6 Å². The van der Waals surface area contributed by atoms with E-state index in [1.54, 1.807) is 19.1 Å². The Morgan fingerprint density at radius 2 is 2.09 bits per heavy atom. The molecule has 0 aliphatic heterocycles. The highest BCUT2D eigenvalue weighted by Crippen LogP contribution is 2.37. The summed E-state index contributed by atoms with van der Waals surface area (Å²) in [5.41, 5.74) is 0.386. The molecule has 2 rings (SSSR count). The quantitative estimate of drug-likeness (QED) is 0.568. The molecular weight excluding hydrogens is 324 g/mol. The highest BCUT2D eigenvalue weighted by molar-refractivity contribution is 6.32. The SMILES string of the molecule is CCOc1cc(C=O)cc(Cl)c1OCc1ccc(C(=O)OC)o1. The van der Waals surface area contributed by atoms with E-state index in [0.29, 0.717) is 35.7 Å². The number of benzene rings is 1. The number of methoxy groups -OCH3 is 1. The standard InChI is InChI=1S/C16H15ClO6/c1-3-21-14-7-10(8-18)6-12(17)15(14)22-9-11-4-5-13(23-11)16(19)20-2/h4-8H,3,9H2,1-2H3. The molecule has 6 nitrogen and oxygen atoms in total. The molecule has 0 aliphatic rings. The molecule has 0 saturated heterocycles. The molecule has 0 aliphatic carbocycles. The van der Waals surface area contributed by atoms with Crippen LogP contribution in [0.2, 0.25) is 5.02 Å². The fourth-order valence-corrected chi connectivity index (χ4v) is 2.14. The third-order valence-corrected chi connectivity index (χ3v) is 3.16. The third-order valence-electron chi connectivity index (χ3n) is 2.87. The van der Waals surface area contributed by atoms with E-state index in [9.17, 15) is 9.59 Å². The molecule has 0 fully saturated rings. The van der Waals surface area contributed by atoms with Crippen molar-refractivity contribution in [2.75, 3.05) is 13.7 Å². The van der Waals surface area contributed by atoms with Crippen LogP contribution in [0.3, 0.4) is 0 Å². The van der Waals surface area contributed by atoms with Crippen molar-refractivity contribution in [3.05, 3.63) is 46.4 Å². The van der Waals surface area contributed by atoms with E-state index >= 15 is 0 Å². The predicted octanol–water partition coefficient (Wildman–Crippen LogP) is 3.51. The third kappa shape index (κ3) is 4.04. The van der Waals surface area contributed by atoms with Crippen molar-refractivity contribution in [2.24, 2.45) is 0 Å². The van der Waals surface area contributed by atoms with Gasteiger partial charge in [0.15, 0.2) is 11.5 Å². The number of carbonyl (C=O) groups is 2. The lowest BCUT2D eigenvalue weighted by Crippen LogP contribution is -2.01.